The van der Waals surface area contributed by atoms with Crippen molar-refractivity contribution in [3.8, 4) is 0 Å². The van der Waals surface area contributed by atoms with Crippen molar-refractivity contribution >= 4 is 26.7 Å². The molecule has 0 N–H and O–H groups in total. The lowest BCUT2D eigenvalue weighted by Crippen LogP contribution is -2.35. The number of alkyl halides is 2. The van der Waals surface area contributed by atoms with E-state index in [-0.39, 0.29) is 0 Å². The number of nitrogens with zero attached hydrogens (tertiary/aromatic N) is 2. The number of aryl methyl sites for hydroxylation is 1. The predicted molar refractivity (Wildman–Crippen MR) is 75.3 cm³/mol. The van der Waals surface area contributed by atoms with Crippen molar-refractivity contribution in [3.05, 3.63) is 23.8 Å². The van der Waals surface area contributed by atoms with Gasteiger partial charge in [0.2, 0.25) is 6.43 Å². The fraction of sp³-hybridized carbons (Fsp3) is 0.500. The normalized spacial score (nSPS) is 17.6. The maximum absolute atomic E-state index is 12.6. The number of hydrogen-bond donors (Lipinski definition) is 0. The molecule has 1 saturated heterocycles. The second kappa shape index (κ2) is 5.04. The van der Waals surface area contributed by atoms with Gasteiger partial charge >= 0.3 is 0 Å². The van der Waals surface area contributed by atoms with Crippen molar-refractivity contribution in [3.63, 3.8) is 0 Å². The second-order valence-corrected chi connectivity index (χ2v) is 6.14. The maximum Gasteiger partial charge on any atom is 0.241 e. The molecule has 0 aliphatic carbocycles. The van der Waals surface area contributed by atoms with Crippen LogP contribution in [0.5, 0.6) is 0 Å². The lowest BCUT2D eigenvalue weighted by Gasteiger charge is -2.31. The molecule has 1 aliphatic heterocycles. The Balaban J connectivity index is 1.78. The van der Waals surface area contributed by atoms with E-state index in [0.717, 1.165) is 10.6 Å². The number of fused-ring (bicyclic) bond motifs is 1. The Hall–Kier alpha value is -1.23. The Morgan fingerprint density at radius 1 is 1.32 bits per heavy atom. The maximum atomic E-state index is 12.6. The summed E-state index contributed by atoms with van der Waals surface area (Å²) in [6.07, 6.45) is -1.06. The summed E-state index contributed by atoms with van der Waals surface area (Å²) in [5.74, 6) is -0.437. The average molecular weight is 282 g/mol. The molecule has 1 aliphatic rings. The highest BCUT2D eigenvalue weighted by molar-refractivity contribution is 7.22. The Bertz CT molecular complexity index is 574. The van der Waals surface area contributed by atoms with Gasteiger partial charge in [0.15, 0.2) is 5.13 Å². The standard InChI is InChI=1S/C14H16F2N2S/c1-9-2-3-11-12(8-9)19-14(17-11)18-6-4-10(5-7-18)13(15)16/h2-3,8,10,13H,4-7H2,1H3. The zero-order valence-corrected chi connectivity index (χ0v) is 11.6. The number of anilines is 1. The van der Waals surface area contributed by atoms with E-state index in [2.05, 4.69) is 28.9 Å². The number of benzene rings is 1. The molecule has 102 valence electrons. The second-order valence-electron chi connectivity index (χ2n) is 5.13. The highest BCUT2D eigenvalue weighted by Gasteiger charge is 2.27. The van der Waals surface area contributed by atoms with E-state index in [1.54, 1.807) is 11.3 Å². The molecular formula is C14H16F2N2S. The lowest BCUT2D eigenvalue weighted by atomic mass is 9.98. The van der Waals surface area contributed by atoms with E-state index in [1.807, 2.05) is 6.07 Å². The molecule has 0 unspecified atom stereocenters. The quantitative estimate of drug-likeness (QED) is 0.825. The smallest absolute Gasteiger partial charge is 0.241 e. The summed E-state index contributed by atoms with van der Waals surface area (Å²) >= 11 is 1.65. The summed E-state index contributed by atoms with van der Waals surface area (Å²) in [6.45, 7) is 3.44. The highest BCUT2D eigenvalue weighted by Crippen LogP contribution is 2.33. The van der Waals surface area contributed by atoms with Gasteiger partial charge in [-0.1, -0.05) is 17.4 Å². The fourth-order valence-electron chi connectivity index (χ4n) is 2.50. The summed E-state index contributed by atoms with van der Waals surface area (Å²) < 4.78 is 26.4. The van der Waals surface area contributed by atoms with Crippen LogP contribution >= 0.6 is 11.3 Å². The third-order valence-electron chi connectivity index (χ3n) is 3.70. The number of aromatic nitrogens is 1. The fourth-order valence-corrected chi connectivity index (χ4v) is 3.61. The van der Waals surface area contributed by atoms with Crippen molar-refractivity contribution < 1.29 is 8.78 Å². The van der Waals surface area contributed by atoms with Crippen LogP contribution in [0.4, 0.5) is 13.9 Å². The van der Waals surface area contributed by atoms with Gasteiger partial charge in [-0.3, -0.25) is 0 Å². The number of hydrogen-bond acceptors (Lipinski definition) is 3. The molecule has 0 radical (unpaired) electrons. The minimum absolute atomic E-state index is 0.437. The molecule has 19 heavy (non-hydrogen) atoms. The molecule has 2 nitrogen and oxygen atoms in total. The van der Waals surface area contributed by atoms with Crippen LogP contribution in [-0.4, -0.2) is 24.5 Å². The Morgan fingerprint density at radius 2 is 2.05 bits per heavy atom. The molecular weight excluding hydrogens is 266 g/mol. The molecule has 0 atom stereocenters. The molecule has 3 rings (SSSR count). The van der Waals surface area contributed by atoms with Gasteiger partial charge in [0.1, 0.15) is 0 Å². The first-order valence-corrected chi connectivity index (χ1v) is 7.35. The van der Waals surface area contributed by atoms with Crippen LogP contribution in [0.1, 0.15) is 18.4 Å². The molecule has 2 heterocycles. The molecule has 1 aromatic carbocycles. The third-order valence-corrected chi connectivity index (χ3v) is 4.78. The van der Waals surface area contributed by atoms with Gasteiger partial charge < -0.3 is 4.90 Å². The van der Waals surface area contributed by atoms with Gasteiger partial charge in [-0.05, 0) is 37.5 Å². The topological polar surface area (TPSA) is 16.1 Å². The first-order chi connectivity index (χ1) is 9.13. The Kier molecular flexibility index (Phi) is 3.39. The summed E-state index contributed by atoms with van der Waals surface area (Å²) in [6, 6.07) is 6.20. The number of thiazole rings is 1. The van der Waals surface area contributed by atoms with Crippen LogP contribution in [0.25, 0.3) is 10.2 Å². The van der Waals surface area contributed by atoms with E-state index in [1.165, 1.54) is 10.3 Å². The van der Waals surface area contributed by atoms with Gasteiger partial charge in [-0.25, -0.2) is 13.8 Å². The van der Waals surface area contributed by atoms with Crippen molar-refractivity contribution in [2.75, 3.05) is 18.0 Å². The summed E-state index contributed by atoms with van der Waals surface area (Å²) in [5.41, 5.74) is 2.22. The molecule has 2 aromatic rings. The lowest BCUT2D eigenvalue weighted by molar-refractivity contribution is 0.0636. The molecule has 1 aromatic heterocycles. The molecule has 0 spiro atoms. The first-order valence-electron chi connectivity index (χ1n) is 6.54. The Morgan fingerprint density at radius 3 is 2.74 bits per heavy atom. The van der Waals surface area contributed by atoms with Crippen LogP contribution in [-0.2, 0) is 0 Å². The third kappa shape index (κ3) is 2.56. The summed E-state index contributed by atoms with van der Waals surface area (Å²) in [7, 11) is 0. The van der Waals surface area contributed by atoms with Gasteiger partial charge in [0.25, 0.3) is 0 Å². The van der Waals surface area contributed by atoms with Crippen LogP contribution in [0, 0.1) is 12.8 Å². The van der Waals surface area contributed by atoms with E-state index < -0.39 is 12.3 Å². The minimum atomic E-state index is -2.18. The van der Waals surface area contributed by atoms with E-state index in [0.29, 0.717) is 25.9 Å². The van der Waals surface area contributed by atoms with Crippen molar-refractivity contribution in [1.29, 1.82) is 0 Å². The van der Waals surface area contributed by atoms with E-state index >= 15 is 0 Å². The minimum Gasteiger partial charge on any atom is -0.348 e. The average Bonchev–Trinajstić information content (AvgIpc) is 2.81. The van der Waals surface area contributed by atoms with Gasteiger partial charge in [-0.2, -0.15) is 0 Å². The SMILES string of the molecule is Cc1ccc2nc(N3CCC(C(F)F)CC3)sc2c1. The Labute approximate surface area is 115 Å². The van der Waals surface area contributed by atoms with Crippen LogP contribution in [0.15, 0.2) is 18.2 Å². The summed E-state index contributed by atoms with van der Waals surface area (Å²) in [5, 5.41) is 0.966. The zero-order valence-electron chi connectivity index (χ0n) is 10.8. The van der Waals surface area contributed by atoms with Crippen LogP contribution in [0.3, 0.4) is 0 Å². The monoisotopic (exact) mass is 282 g/mol. The molecule has 0 bridgehead atoms. The van der Waals surface area contributed by atoms with Crippen molar-refractivity contribution in [2.24, 2.45) is 5.92 Å². The number of piperidine rings is 1. The molecule has 5 heteroatoms. The van der Waals surface area contributed by atoms with Crippen molar-refractivity contribution in [2.45, 2.75) is 26.2 Å². The number of halogens is 2. The van der Waals surface area contributed by atoms with Crippen LogP contribution in [0.2, 0.25) is 0 Å². The van der Waals surface area contributed by atoms with Crippen LogP contribution < -0.4 is 4.90 Å². The zero-order chi connectivity index (χ0) is 13.4. The largest absolute Gasteiger partial charge is 0.348 e. The van der Waals surface area contributed by atoms with Gasteiger partial charge in [0.05, 0.1) is 10.2 Å². The highest BCUT2D eigenvalue weighted by atomic mass is 32.1. The number of rotatable bonds is 2. The first kappa shape index (κ1) is 12.8. The van der Waals surface area contributed by atoms with E-state index in [9.17, 15) is 8.78 Å². The molecule has 1 fully saturated rings. The van der Waals surface area contributed by atoms with Crippen molar-refractivity contribution in [1.82, 2.24) is 4.98 Å². The van der Waals surface area contributed by atoms with Gasteiger partial charge in [-0.15, -0.1) is 0 Å². The van der Waals surface area contributed by atoms with E-state index in [4.69, 9.17) is 0 Å². The molecule has 0 saturated carbocycles. The predicted octanol–water partition coefficient (Wildman–Crippen LogP) is 4.09. The van der Waals surface area contributed by atoms with Gasteiger partial charge in [0, 0.05) is 19.0 Å². The summed E-state index contributed by atoms with van der Waals surface area (Å²) in [4.78, 5) is 6.74. The molecule has 0 amide bonds.